The average Bonchev–Trinajstić information content (AvgIpc) is 3.18. The Bertz CT molecular complexity index is 894. The lowest BCUT2D eigenvalue weighted by Gasteiger charge is -2.06. The van der Waals surface area contributed by atoms with E-state index in [9.17, 15) is 4.79 Å². The summed E-state index contributed by atoms with van der Waals surface area (Å²) < 4.78 is 7.48. The number of aromatic nitrogens is 4. The predicted octanol–water partition coefficient (Wildman–Crippen LogP) is 3.54. The van der Waals surface area contributed by atoms with E-state index in [0.29, 0.717) is 26.9 Å². The van der Waals surface area contributed by atoms with Gasteiger partial charge in [0.1, 0.15) is 12.4 Å². The molecule has 136 valence electrons. The van der Waals surface area contributed by atoms with E-state index in [-0.39, 0.29) is 18.3 Å². The second kappa shape index (κ2) is 8.52. The quantitative estimate of drug-likeness (QED) is 0.601. The minimum absolute atomic E-state index is 0.133. The maximum atomic E-state index is 12.0. The van der Waals surface area contributed by atoms with Crippen molar-refractivity contribution in [3.63, 3.8) is 0 Å². The number of aryl methyl sites for hydroxylation is 1. The molecule has 0 saturated carbocycles. The number of hydrogen-bond donors (Lipinski definition) is 1. The van der Waals surface area contributed by atoms with Gasteiger partial charge < -0.3 is 14.6 Å². The number of rotatable bonds is 7. The number of anilines is 1. The van der Waals surface area contributed by atoms with Gasteiger partial charge in [-0.1, -0.05) is 23.4 Å². The number of carbonyl (C=O) groups is 1. The third-order valence-electron chi connectivity index (χ3n) is 3.30. The SMILES string of the molecule is Cc1csc(NC(=O)CSc2nnc(COc3ccc(Cl)cc3)n2C)n1. The molecule has 10 heteroatoms. The zero-order chi connectivity index (χ0) is 18.5. The summed E-state index contributed by atoms with van der Waals surface area (Å²) in [5, 5.41) is 14.8. The van der Waals surface area contributed by atoms with Crippen molar-refractivity contribution in [2.45, 2.75) is 18.7 Å². The van der Waals surface area contributed by atoms with Gasteiger partial charge in [0.15, 0.2) is 16.1 Å². The Morgan fingerprint density at radius 1 is 1.35 bits per heavy atom. The molecule has 0 aliphatic carbocycles. The van der Waals surface area contributed by atoms with Crippen molar-refractivity contribution in [3.8, 4) is 5.75 Å². The summed E-state index contributed by atoms with van der Waals surface area (Å²) >= 11 is 8.56. The fourth-order valence-electron chi connectivity index (χ4n) is 1.97. The molecule has 1 aromatic carbocycles. The Hall–Kier alpha value is -2.10. The first kappa shape index (κ1) is 18.7. The van der Waals surface area contributed by atoms with Crippen LogP contribution in [-0.2, 0) is 18.4 Å². The van der Waals surface area contributed by atoms with Crippen LogP contribution in [-0.4, -0.2) is 31.4 Å². The molecule has 0 radical (unpaired) electrons. The maximum Gasteiger partial charge on any atom is 0.236 e. The van der Waals surface area contributed by atoms with Crippen molar-refractivity contribution in [2.24, 2.45) is 7.05 Å². The molecule has 2 aromatic heterocycles. The third kappa shape index (κ3) is 4.96. The molecule has 2 heterocycles. The summed E-state index contributed by atoms with van der Waals surface area (Å²) in [6.45, 7) is 2.16. The number of benzene rings is 1. The summed E-state index contributed by atoms with van der Waals surface area (Å²) in [7, 11) is 1.84. The lowest BCUT2D eigenvalue weighted by Crippen LogP contribution is -2.14. The van der Waals surface area contributed by atoms with Gasteiger partial charge in [-0.15, -0.1) is 21.5 Å². The highest BCUT2D eigenvalue weighted by Crippen LogP contribution is 2.20. The number of carbonyl (C=O) groups excluding carboxylic acids is 1. The molecule has 1 amide bonds. The van der Waals surface area contributed by atoms with Crippen LogP contribution in [0.15, 0.2) is 34.8 Å². The van der Waals surface area contributed by atoms with Gasteiger partial charge in [-0.2, -0.15) is 0 Å². The zero-order valence-electron chi connectivity index (χ0n) is 14.1. The largest absolute Gasteiger partial charge is 0.486 e. The molecule has 7 nitrogen and oxygen atoms in total. The molecule has 0 fully saturated rings. The molecule has 26 heavy (non-hydrogen) atoms. The first-order valence-electron chi connectivity index (χ1n) is 7.62. The number of thioether (sulfide) groups is 1. The topological polar surface area (TPSA) is 81.9 Å². The number of hydrogen-bond acceptors (Lipinski definition) is 7. The van der Waals surface area contributed by atoms with Crippen LogP contribution in [0.4, 0.5) is 5.13 Å². The van der Waals surface area contributed by atoms with Crippen LogP contribution in [0.1, 0.15) is 11.5 Å². The molecule has 3 rings (SSSR count). The molecule has 0 spiro atoms. The van der Waals surface area contributed by atoms with Gasteiger partial charge in [-0.3, -0.25) is 4.79 Å². The second-order valence-electron chi connectivity index (χ2n) is 5.33. The van der Waals surface area contributed by atoms with Gasteiger partial charge in [-0.05, 0) is 31.2 Å². The van der Waals surface area contributed by atoms with Crippen LogP contribution in [0, 0.1) is 6.92 Å². The van der Waals surface area contributed by atoms with Crippen molar-refractivity contribution in [3.05, 3.63) is 46.2 Å². The number of nitrogens with zero attached hydrogens (tertiary/aromatic N) is 4. The van der Waals surface area contributed by atoms with E-state index in [1.54, 1.807) is 28.8 Å². The van der Waals surface area contributed by atoms with Crippen LogP contribution in [0.2, 0.25) is 5.02 Å². The van der Waals surface area contributed by atoms with Crippen molar-refractivity contribution < 1.29 is 9.53 Å². The van der Waals surface area contributed by atoms with Gasteiger partial charge in [0, 0.05) is 17.5 Å². The van der Waals surface area contributed by atoms with E-state index in [2.05, 4.69) is 20.5 Å². The van der Waals surface area contributed by atoms with Gasteiger partial charge in [0.2, 0.25) is 5.91 Å². The summed E-state index contributed by atoms with van der Waals surface area (Å²) in [5.74, 6) is 1.46. The second-order valence-corrected chi connectivity index (χ2v) is 7.57. The van der Waals surface area contributed by atoms with E-state index < -0.39 is 0 Å². The monoisotopic (exact) mass is 409 g/mol. The van der Waals surface area contributed by atoms with Crippen molar-refractivity contribution in [2.75, 3.05) is 11.1 Å². The molecule has 3 aromatic rings. The van der Waals surface area contributed by atoms with Gasteiger partial charge in [0.05, 0.1) is 11.4 Å². The molecule has 0 bridgehead atoms. The van der Waals surface area contributed by atoms with E-state index in [1.807, 2.05) is 19.4 Å². The van der Waals surface area contributed by atoms with Crippen LogP contribution >= 0.6 is 34.7 Å². The molecular weight excluding hydrogens is 394 g/mol. The Morgan fingerprint density at radius 2 is 2.12 bits per heavy atom. The zero-order valence-corrected chi connectivity index (χ0v) is 16.5. The number of amides is 1. The van der Waals surface area contributed by atoms with Crippen LogP contribution < -0.4 is 10.1 Å². The van der Waals surface area contributed by atoms with E-state index >= 15 is 0 Å². The Balaban J connectivity index is 1.51. The average molecular weight is 410 g/mol. The Kier molecular flexibility index (Phi) is 6.12. The lowest BCUT2D eigenvalue weighted by molar-refractivity contribution is -0.113. The summed E-state index contributed by atoms with van der Waals surface area (Å²) in [4.78, 5) is 16.2. The minimum atomic E-state index is -0.133. The van der Waals surface area contributed by atoms with E-state index in [0.717, 1.165) is 5.69 Å². The van der Waals surface area contributed by atoms with Gasteiger partial charge in [-0.25, -0.2) is 4.98 Å². The fraction of sp³-hybridized carbons (Fsp3) is 0.250. The van der Waals surface area contributed by atoms with Gasteiger partial charge >= 0.3 is 0 Å². The summed E-state index contributed by atoms with van der Waals surface area (Å²) in [6.07, 6.45) is 0. The molecule has 0 saturated heterocycles. The van der Waals surface area contributed by atoms with E-state index in [4.69, 9.17) is 16.3 Å². The normalized spacial score (nSPS) is 10.7. The first-order chi connectivity index (χ1) is 12.5. The summed E-state index contributed by atoms with van der Waals surface area (Å²) in [5.41, 5.74) is 0.886. The molecule has 0 atom stereocenters. The standard InChI is InChI=1S/C16H16ClN5O2S2/c1-10-8-25-15(18-10)19-14(23)9-26-16-21-20-13(22(16)2)7-24-12-5-3-11(17)4-6-12/h3-6,8H,7,9H2,1-2H3,(H,18,19,23). The number of halogens is 1. The smallest absolute Gasteiger partial charge is 0.236 e. The minimum Gasteiger partial charge on any atom is -0.486 e. The van der Waals surface area contributed by atoms with Crippen LogP contribution in [0.5, 0.6) is 5.75 Å². The fourth-order valence-corrected chi connectivity index (χ4v) is 3.53. The number of thiazole rings is 1. The van der Waals surface area contributed by atoms with E-state index in [1.165, 1.54) is 23.1 Å². The third-order valence-corrected chi connectivity index (χ3v) is 5.45. The van der Waals surface area contributed by atoms with Crippen molar-refractivity contribution in [1.82, 2.24) is 19.7 Å². The Labute approximate surface area is 163 Å². The lowest BCUT2D eigenvalue weighted by atomic mass is 10.3. The van der Waals surface area contributed by atoms with Crippen LogP contribution in [0.25, 0.3) is 0 Å². The van der Waals surface area contributed by atoms with Crippen molar-refractivity contribution in [1.29, 1.82) is 0 Å². The molecule has 1 N–H and O–H groups in total. The summed E-state index contributed by atoms with van der Waals surface area (Å²) in [6, 6.07) is 7.10. The number of ether oxygens (including phenoxy) is 1. The highest BCUT2D eigenvalue weighted by atomic mass is 35.5. The number of nitrogens with one attached hydrogen (secondary N) is 1. The first-order valence-corrected chi connectivity index (χ1v) is 9.87. The molecular formula is C16H16ClN5O2S2. The molecule has 0 aliphatic rings. The molecule has 0 aliphatic heterocycles. The van der Waals surface area contributed by atoms with Crippen molar-refractivity contribution >= 4 is 45.7 Å². The Morgan fingerprint density at radius 3 is 2.81 bits per heavy atom. The highest BCUT2D eigenvalue weighted by Gasteiger charge is 2.13. The highest BCUT2D eigenvalue weighted by molar-refractivity contribution is 7.99. The maximum absolute atomic E-state index is 12.0. The van der Waals surface area contributed by atoms with Crippen LogP contribution in [0.3, 0.4) is 0 Å². The predicted molar refractivity (Wildman–Crippen MR) is 103 cm³/mol. The van der Waals surface area contributed by atoms with Gasteiger partial charge in [0.25, 0.3) is 0 Å². The molecule has 0 unspecified atom stereocenters.